The lowest BCUT2D eigenvalue weighted by Crippen LogP contribution is -2.53. The molecule has 6 heteroatoms. The van der Waals surface area contributed by atoms with Gasteiger partial charge in [-0.2, -0.15) is 0 Å². The number of imide groups is 1. The fraction of sp³-hybridized carbons (Fsp3) is 0.417. The molecular formula is C12H14N2O3S. The number of hydrogen-bond donors (Lipinski definition) is 1. The molecule has 1 fully saturated rings. The topological polar surface area (TPSA) is 66.5 Å². The summed E-state index contributed by atoms with van der Waals surface area (Å²) >= 11 is 1.43. The predicted octanol–water partition coefficient (Wildman–Crippen LogP) is 0.718. The van der Waals surface area contributed by atoms with Crippen LogP contribution in [0.25, 0.3) is 0 Å². The largest absolute Gasteiger partial charge is 0.319 e. The van der Waals surface area contributed by atoms with Gasteiger partial charge in [-0.1, -0.05) is 6.92 Å². The van der Waals surface area contributed by atoms with E-state index in [2.05, 4.69) is 5.32 Å². The highest BCUT2D eigenvalue weighted by atomic mass is 32.1. The van der Waals surface area contributed by atoms with Gasteiger partial charge in [0.2, 0.25) is 11.8 Å². The van der Waals surface area contributed by atoms with Crippen LogP contribution in [-0.2, 0) is 16.0 Å². The smallest absolute Gasteiger partial charge is 0.264 e. The van der Waals surface area contributed by atoms with Crippen LogP contribution in [0.4, 0.5) is 0 Å². The second kappa shape index (κ2) is 4.89. The Kier molecular flexibility index (Phi) is 3.47. The van der Waals surface area contributed by atoms with Crippen LogP contribution < -0.4 is 5.32 Å². The second-order valence-corrected chi connectivity index (χ2v) is 5.34. The molecule has 1 aliphatic heterocycles. The Labute approximate surface area is 109 Å². The summed E-state index contributed by atoms with van der Waals surface area (Å²) in [6.07, 6.45) is 0.878. The van der Waals surface area contributed by atoms with Gasteiger partial charge in [0, 0.05) is 4.88 Å². The van der Waals surface area contributed by atoms with E-state index in [9.17, 15) is 14.4 Å². The Morgan fingerprint density at radius 3 is 2.50 bits per heavy atom. The predicted molar refractivity (Wildman–Crippen MR) is 67.5 cm³/mol. The normalized spacial score (nSPS) is 15.8. The van der Waals surface area contributed by atoms with Gasteiger partial charge in [0.1, 0.15) is 13.1 Å². The molecule has 2 heterocycles. The molecule has 1 saturated heterocycles. The summed E-state index contributed by atoms with van der Waals surface area (Å²) in [6.45, 7) is 3.89. The van der Waals surface area contributed by atoms with E-state index in [1.54, 1.807) is 0 Å². The summed E-state index contributed by atoms with van der Waals surface area (Å²) in [5.74, 6) is -1.10. The lowest BCUT2D eigenvalue weighted by molar-refractivity contribution is -0.135. The van der Waals surface area contributed by atoms with Gasteiger partial charge in [-0.05, 0) is 25.0 Å². The third-order valence-electron chi connectivity index (χ3n) is 2.79. The third kappa shape index (κ3) is 2.43. The first kappa shape index (κ1) is 12.8. The fourth-order valence-electron chi connectivity index (χ4n) is 1.91. The Morgan fingerprint density at radius 2 is 2.00 bits per heavy atom. The molecule has 0 saturated carbocycles. The highest BCUT2D eigenvalue weighted by Crippen LogP contribution is 2.23. The minimum atomic E-state index is -0.427. The highest BCUT2D eigenvalue weighted by Gasteiger charge is 2.28. The number of rotatable bonds is 2. The number of amides is 3. The molecule has 1 N–H and O–H groups in total. The Bertz CT molecular complexity index is 505. The molecule has 0 spiro atoms. The molecule has 0 radical (unpaired) electrons. The fourth-order valence-corrected chi connectivity index (χ4v) is 2.99. The quantitative estimate of drug-likeness (QED) is 0.802. The van der Waals surface area contributed by atoms with E-state index in [1.165, 1.54) is 16.2 Å². The van der Waals surface area contributed by atoms with Crippen molar-refractivity contribution < 1.29 is 14.4 Å². The molecule has 1 aromatic heterocycles. The van der Waals surface area contributed by atoms with Crippen LogP contribution in [0.15, 0.2) is 6.07 Å². The molecule has 0 unspecified atom stereocenters. The lowest BCUT2D eigenvalue weighted by Gasteiger charge is -2.24. The van der Waals surface area contributed by atoms with Gasteiger partial charge in [0.25, 0.3) is 5.91 Å². The van der Waals surface area contributed by atoms with Crippen LogP contribution in [-0.4, -0.2) is 35.7 Å². The molecule has 0 aliphatic carbocycles. The average molecular weight is 266 g/mol. The number of nitrogens with zero attached hydrogens (tertiary/aromatic N) is 1. The van der Waals surface area contributed by atoms with Gasteiger partial charge in [-0.3, -0.25) is 19.7 Å². The number of piperazine rings is 1. The van der Waals surface area contributed by atoms with E-state index in [0.29, 0.717) is 4.88 Å². The van der Waals surface area contributed by atoms with Crippen molar-refractivity contribution in [2.75, 3.05) is 13.1 Å². The lowest BCUT2D eigenvalue weighted by atomic mass is 10.2. The Morgan fingerprint density at radius 1 is 1.39 bits per heavy atom. The second-order valence-electron chi connectivity index (χ2n) is 4.20. The van der Waals surface area contributed by atoms with Crippen molar-refractivity contribution in [3.05, 3.63) is 21.4 Å². The first-order chi connectivity index (χ1) is 8.51. The van der Waals surface area contributed by atoms with E-state index in [-0.39, 0.29) is 19.0 Å². The van der Waals surface area contributed by atoms with Gasteiger partial charge in [0.05, 0.1) is 4.88 Å². The number of nitrogens with one attached hydrogen (secondary N) is 1. The van der Waals surface area contributed by atoms with Gasteiger partial charge in [-0.15, -0.1) is 11.3 Å². The summed E-state index contributed by atoms with van der Waals surface area (Å²) in [4.78, 5) is 37.7. The Balaban J connectivity index is 2.19. The van der Waals surface area contributed by atoms with E-state index in [4.69, 9.17) is 0 Å². The van der Waals surface area contributed by atoms with E-state index >= 15 is 0 Å². The maximum atomic E-state index is 12.2. The minimum Gasteiger partial charge on any atom is -0.319 e. The molecule has 96 valence electrons. The summed E-state index contributed by atoms with van der Waals surface area (Å²) in [6, 6.07) is 1.82. The molecular weight excluding hydrogens is 252 g/mol. The van der Waals surface area contributed by atoms with Crippen molar-refractivity contribution in [2.24, 2.45) is 0 Å². The number of carbonyl (C=O) groups excluding carboxylic acids is 3. The van der Waals surface area contributed by atoms with E-state index in [0.717, 1.165) is 16.9 Å². The van der Waals surface area contributed by atoms with Crippen molar-refractivity contribution in [1.82, 2.24) is 10.2 Å². The summed E-state index contributed by atoms with van der Waals surface area (Å²) in [5, 5.41) is 2.17. The van der Waals surface area contributed by atoms with Gasteiger partial charge < -0.3 is 4.90 Å². The molecule has 5 nitrogen and oxygen atoms in total. The Hall–Kier alpha value is -1.69. The van der Waals surface area contributed by atoms with Crippen LogP contribution in [0.1, 0.15) is 27.0 Å². The zero-order valence-corrected chi connectivity index (χ0v) is 11.1. The van der Waals surface area contributed by atoms with Crippen molar-refractivity contribution in [1.29, 1.82) is 0 Å². The zero-order chi connectivity index (χ0) is 13.3. The molecule has 18 heavy (non-hydrogen) atoms. The number of aryl methyl sites for hydroxylation is 2. The highest BCUT2D eigenvalue weighted by molar-refractivity contribution is 7.14. The first-order valence-electron chi connectivity index (χ1n) is 5.72. The summed E-state index contributed by atoms with van der Waals surface area (Å²) < 4.78 is 0. The van der Waals surface area contributed by atoms with Crippen LogP contribution in [0.2, 0.25) is 0 Å². The van der Waals surface area contributed by atoms with Crippen LogP contribution in [0.5, 0.6) is 0 Å². The van der Waals surface area contributed by atoms with Crippen LogP contribution >= 0.6 is 11.3 Å². The van der Waals surface area contributed by atoms with Gasteiger partial charge in [0.15, 0.2) is 0 Å². The number of thiophene rings is 1. The molecule has 3 amide bonds. The molecule has 1 aliphatic rings. The van der Waals surface area contributed by atoms with Crippen LogP contribution in [0.3, 0.4) is 0 Å². The molecule has 0 bridgehead atoms. The third-order valence-corrected chi connectivity index (χ3v) is 4.16. The molecule has 1 aromatic rings. The average Bonchev–Trinajstić information content (AvgIpc) is 2.68. The summed E-state index contributed by atoms with van der Waals surface area (Å²) in [7, 11) is 0. The minimum absolute atomic E-state index is 0.0526. The zero-order valence-electron chi connectivity index (χ0n) is 10.3. The molecule has 0 atom stereocenters. The van der Waals surface area contributed by atoms with Gasteiger partial charge >= 0.3 is 0 Å². The standard InChI is InChI=1S/C12H14N2O3S/c1-3-8-7(2)4-9(18-8)12(17)14-5-10(15)13-11(16)6-14/h4H,3,5-6H2,1-2H3,(H,13,15,16). The van der Waals surface area contributed by atoms with E-state index in [1.807, 2.05) is 19.9 Å². The van der Waals surface area contributed by atoms with Crippen LogP contribution in [0, 0.1) is 6.92 Å². The number of hydrogen-bond acceptors (Lipinski definition) is 4. The first-order valence-corrected chi connectivity index (χ1v) is 6.54. The number of carbonyl (C=O) groups is 3. The SMILES string of the molecule is CCc1sc(C(=O)N2CC(=O)NC(=O)C2)cc1C. The van der Waals surface area contributed by atoms with E-state index < -0.39 is 11.8 Å². The molecule has 2 rings (SSSR count). The van der Waals surface area contributed by atoms with Crippen molar-refractivity contribution >= 4 is 29.1 Å². The van der Waals surface area contributed by atoms with Gasteiger partial charge in [-0.25, -0.2) is 0 Å². The maximum Gasteiger partial charge on any atom is 0.264 e. The molecule has 0 aromatic carbocycles. The van der Waals surface area contributed by atoms with Crippen molar-refractivity contribution in [2.45, 2.75) is 20.3 Å². The summed E-state index contributed by atoms with van der Waals surface area (Å²) in [5.41, 5.74) is 1.08. The maximum absolute atomic E-state index is 12.2. The van der Waals surface area contributed by atoms with Crippen molar-refractivity contribution in [3.8, 4) is 0 Å². The van der Waals surface area contributed by atoms with Crippen molar-refractivity contribution in [3.63, 3.8) is 0 Å². The monoisotopic (exact) mass is 266 g/mol.